The summed E-state index contributed by atoms with van der Waals surface area (Å²) >= 11 is 5.47. The topological polar surface area (TPSA) is 25.8 Å². The van der Waals surface area contributed by atoms with Crippen molar-refractivity contribution in [2.24, 2.45) is 0 Å². The fourth-order valence-electron chi connectivity index (χ4n) is 1.63. The van der Waals surface area contributed by atoms with Crippen molar-refractivity contribution < 1.29 is 10.1 Å². The second-order valence-electron chi connectivity index (χ2n) is 3.20. The number of ether oxygens (including phenoxy) is 1. The predicted octanol–water partition coefficient (Wildman–Crippen LogP) is 1.77. The molecule has 2 rings (SSSR count). The molecule has 0 unspecified atom stereocenters. The van der Waals surface area contributed by atoms with Crippen molar-refractivity contribution in [3.63, 3.8) is 0 Å². The molecule has 0 spiro atoms. The van der Waals surface area contributed by atoms with E-state index >= 15 is 0 Å². The highest BCUT2D eigenvalue weighted by Gasteiger charge is 2.24. The van der Waals surface area contributed by atoms with Crippen LogP contribution in [0.5, 0.6) is 5.75 Å². The third-order valence-corrected chi connectivity index (χ3v) is 4.06. The van der Waals surface area contributed by atoms with Crippen LogP contribution >= 0.6 is 27.7 Å². The van der Waals surface area contributed by atoms with Crippen LogP contribution in [-0.4, -0.2) is 19.4 Å². The maximum Gasteiger partial charge on any atom is 0.162 e. The quantitative estimate of drug-likeness (QED) is 0.890. The van der Waals surface area contributed by atoms with Gasteiger partial charge in [0, 0.05) is 10.2 Å². The van der Waals surface area contributed by atoms with Gasteiger partial charge in [-0.25, -0.2) is 0 Å². The average Bonchev–Trinajstić information content (AvgIpc) is 2.70. The van der Waals surface area contributed by atoms with E-state index in [2.05, 4.69) is 27.3 Å². The van der Waals surface area contributed by atoms with E-state index in [0.717, 1.165) is 10.2 Å². The lowest BCUT2D eigenvalue weighted by Gasteiger charge is -2.11. The van der Waals surface area contributed by atoms with Crippen molar-refractivity contribution in [2.45, 2.75) is 5.37 Å². The molecule has 1 aliphatic heterocycles. The number of rotatable bonds is 2. The summed E-state index contributed by atoms with van der Waals surface area (Å²) in [5.41, 5.74) is 1.28. The molecule has 0 aromatic heterocycles. The van der Waals surface area contributed by atoms with Crippen molar-refractivity contribution in [3.8, 4) is 5.75 Å². The molecule has 0 radical (unpaired) electrons. The van der Waals surface area contributed by atoms with E-state index in [1.54, 1.807) is 7.11 Å². The highest BCUT2D eigenvalue weighted by Crippen LogP contribution is 2.33. The molecular formula is C10H13BrNOS+. The minimum atomic E-state index is 0.502. The van der Waals surface area contributed by atoms with Gasteiger partial charge in [-0.1, -0.05) is 27.7 Å². The van der Waals surface area contributed by atoms with Gasteiger partial charge in [0.2, 0.25) is 0 Å². The summed E-state index contributed by atoms with van der Waals surface area (Å²) in [5, 5.41) is 2.86. The molecule has 0 bridgehead atoms. The number of thioether (sulfide) groups is 1. The molecule has 0 saturated carbocycles. The van der Waals surface area contributed by atoms with Gasteiger partial charge in [0.1, 0.15) is 5.75 Å². The largest absolute Gasteiger partial charge is 0.496 e. The summed E-state index contributed by atoms with van der Waals surface area (Å²) in [6, 6.07) is 6.19. The summed E-state index contributed by atoms with van der Waals surface area (Å²) in [4.78, 5) is 0. The Labute approximate surface area is 96.5 Å². The Kier molecular flexibility index (Phi) is 3.36. The molecule has 1 atom stereocenters. The van der Waals surface area contributed by atoms with Gasteiger partial charge >= 0.3 is 0 Å². The zero-order chi connectivity index (χ0) is 9.97. The van der Waals surface area contributed by atoms with Crippen LogP contribution in [0.2, 0.25) is 0 Å². The van der Waals surface area contributed by atoms with Crippen LogP contribution in [-0.2, 0) is 0 Å². The van der Waals surface area contributed by atoms with Crippen LogP contribution in [0.15, 0.2) is 22.7 Å². The van der Waals surface area contributed by atoms with Crippen molar-refractivity contribution in [3.05, 3.63) is 28.2 Å². The third kappa shape index (κ3) is 2.07. The molecule has 14 heavy (non-hydrogen) atoms. The predicted molar refractivity (Wildman–Crippen MR) is 62.7 cm³/mol. The lowest BCUT2D eigenvalue weighted by molar-refractivity contribution is -0.663. The molecule has 2 nitrogen and oxygen atoms in total. The maximum atomic E-state index is 5.36. The zero-order valence-electron chi connectivity index (χ0n) is 8.00. The Balaban J connectivity index is 2.33. The number of quaternary nitrogens is 1. The summed E-state index contributed by atoms with van der Waals surface area (Å²) < 4.78 is 6.48. The third-order valence-electron chi connectivity index (χ3n) is 2.29. The lowest BCUT2D eigenvalue weighted by Crippen LogP contribution is -2.81. The highest BCUT2D eigenvalue weighted by molar-refractivity contribution is 9.10. The van der Waals surface area contributed by atoms with E-state index < -0.39 is 0 Å². The van der Waals surface area contributed by atoms with Gasteiger partial charge in [0.05, 0.1) is 19.2 Å². The number of nitrogens with two attached hydrogens (primary N) is 1. The molecule has 1 fully saturated rings. The number of halogens is 1. The highest BCUT2D eigenvalue weighted by atomic mass is 79.9. The van der Waals surface area contributed by atoms with Gasteiger partial charge in [-0.05, 0) is 18.2 Å². The molecule has 1 aromatic rings. The summed E-state index contributed by atoms with van der Waals surface area (Å²) in [6.45, 7) is 1.20. The molecule has 1 aromatic carbocycles. The molecule has 4 heteroatoms. The Morgan fingerprint density at radius 3 is 3.07 bits per heavy atom. The van der Waals surface area contributed by atoms with E-state index in [-0.39, 0.29) is 0 Å². The van der Waals surface area contributed by atoms with Crippen LogP contribution in [0.3, 0.4) is 0 Å². The van der Waals surface area contributed by atoms with E-state index in [0.29, 0.717) is 5.37 Å². The fraction of sp³-hybridized carbons (Fsp3) is 0.400. The van der Waals surface area contributed by atoms with Crippen molar-refractivity contribution >= 4 is 27.7 Å². The van der Waals surface area contributed by atoms with E-state index in [1.807, 2.05) is 23.9 Å². The molecule has 0 amide bonds. The molecule has 1 heterocycles. The van der Waals surface area contributed by atoms with E-state index in [1.165, 1.54) is 17.9 Å². The molecule has 2 N–H and O–H groups in total. The van der Waals surface area contributed by atoms with Crippen LogP contribution < -0.4 is 10.1 Å². The zero-order valence-corrected chi connectivity index (χ0v) is 10.4. The fourth-order valence-corrected chi connectivity index (χ4v) is 3.17. The molecule has 1 saturated heterocycles. The van der Waals surface area contributed by atoms with Gasteiger partial charge in [0.25, 0.3) is 0 Å². The maximum absolute atomic E-state index is 5.36. The first-order valence-corrected chi connectivity index (χ1v) is 6.44. The number of benzene rings is 1. The van der Waals surface area contributed by atoms with Gasteiger partial charge in [-0.3, -0.25) is 0 Å². The average molecular weight is 275 g/mol. The lowest BCUT2D eigenvalue weighted by atomic mass is 10.2. The van der Waals surface area contributed by atoms with Crippen LogP contribution in [0.1, 0.15) is 10.9 Å². The van der Waals surface area contributed by atoms with Crippen molar-refractivity contribution in [1.82, 2.24) is 0 Å². The van der Waals surface area contributed by atoms with Crippen molar-refractivity contribution in [2.75, 3.05) is 19.4 Å². The normalized spacial score (nSPS) is 21.1. The summed E-state index contributed by atoms with van der Waals surface area (Å²) in [5.74, 6) is 2.21. The molecule has 76 valence electrons. The molecule has 0 aliphatic carbocycles. The summed E-state index contributed by atoms with van der Waals surface area (Å²) in [7, 11) is 1.73. The monoisotopic (exact) mass is 274 g/mol. The van der Waals surface area contributed by atoms with Crippen molar-refractivity contribution in [1.29, 1.82) is 0 Å². The molecule has 1 aliphatic rings. The minimum Gasteiger partial charge on any atom is -0.496 e. The summed E-state index contributed by atoms with van der Waals surface area (Å²) in [6.07, 6.45) is 0. The Hall–Kier alpha value is -0.190. The van der Waals surface area contributed by atoms with Crippen LogP contribution in [0.25, 0.3) is 0 Å². The van der Waals surface area contributed by atoms with Gasteiger partial charge in [0.15, 0.2) is 5.37 Å². The van der Waals surface area contributed by atoms with Gasteiger partial charge < -0.3 is 10.1 Å². The Morgan fingerprint density at radius 2 is 2.43 bits per heavy atom. The van der Waals surface area contributed by atoms with Gasteiger partial charge in [-0.2, -0.15) is 0 Å². The van der Waals surface area contributed by atoms with E-state index in [9.17, 15) is 0 Å². The minimum absolute atomic E-state index is 0.502. The smallest absolute Gasteiger partial charge is 0.162 e. The number of hydrogen-bond donors (Lipinski definition) is 1. The number of methoxy groups -OCH3 is 1. The van der Waals surface area contributed by atoms with Crippen LogP contribution in [0, 0.1) is 0 Å². The standard InChI is InChI=1S/C10H12BrNOS/c1-13-9-3-2-7(11)6-8(9)10-12-4-5-14-10/h2-3,6,10,12H,4-5H2,1H3/p+1/t10-/m0/s1. The van der Waals surface area contributed by atoms with Crippen LogP contribution in [0.4, 0.5) is 0 Å². The second-order valence-corrected chi connectivity index (χ2v) is 5.37. The first-order chi connectivity index (χ1) is 6.81. The Bertz CT molecular complexity index is 326. The van der Waals surface area contributed by atoms with E-state index in [4.69, 9.17) is 4.74 Å². The molecular weight excluding hydrogens is 262 g/mol. The Morgan fingerprint density at radius 1 is 1.57 bits per heavy atom. The first kappa shape index (κ1) is 10.3. The SMILES string of the molecule is COc1ccc(Br)cc1[C@H]1[NH2+]CCS1. The first-order valence-electron chi connectivity index (χ1n) is 4.59. The second kappa shape index (κ2) is 4.55. The number of hydrogen-bond acceptors (Lipinski definition) is 2. The van der Waals surface area contributed by atoms with Gasteiger partial charge in [-0.15, -0.1) is 0 Å².